The van der Waals surface area contributed by atoms with Crippen molar-refractivity contribution in [2.75, 3.05) is 5.32 Å². The van der Waals surface area contributed by atoms with Crippen LogP contribution >= 0.6 is 15.9 Å². The zero-order chi connectivity index (χ0) is 13.2. The van der Waals surface area contributed by atoms with Crippen LogP contribution in [0.4, 0.5) is 18.9 Å². The third-order valence-electron chi connectivity index (χ3n) is 1.63. The van der Waals surface area contributed by atoms with E-state index in [0.29, 0.717) is 0 Å². The molecule has 2 N–H and O–H groups in total. The number of hydrogen-bond donors (Lipinski definition) is 2. The lowest BCUT2D eigenvalue weighted by Gasteiger charge is -2.11. The van der Waals surface area contributed by atoms with Crippen LogP contribution in [0, 0.1) is 0 Å². The lowest BCUT2D eigenvalue weighted by Crippen LogP contribution is -2.30. The Kier molecular flexibility index (Phi) is 3.71. The maximum atomic E-state index is 12.0. The largest absolute Gasteiger partial charge is 0.478 e. The lowest BCUT2D eigenvalue weighted by molar-refractivity contribution is -0.167. The number of carbonyl (C=O) groups excluding carboxylic acids is 1. The van der Waals surface area contributed by atoms with Gasteiger partial charge in [0.1, 0.15) is 5.56 Å². The van der Waals surface area contributed by atoms with Crippen LogP contribution in [0.5, 0.6) is 0 Å². The number of aromatic carboxylic acids is 1. The minimum atomic E-state index is -5.10. The molecular weight excluding hydrogens is 309 g/mol. The topological polar surface area (TPSA) is 79.3 Å². The van der Waals surface area contributed by atoms with Gasteiger partial charge in [0.15, 0.2) is 0 Å². The predicted octanol–water partition coefficient (Wildman–Crippen LogP) is 2.04. The van der Waals surface area contributed by atoms with E-state index < -0.39 is 29.3 Å². The smallest absolute Gasteiger partial charge is 0.471 e. The first-order valence-corrected chi connectivity index (χ1v) is 4.77. The zero-order valence-corrected chi connectivity index (χ0v) is 9.46. The fourth-order valence-corrected chi connectivity index (χ4v) is 1.34. The molecule has 0 saturated heterocycles. The summed E-state index contributed by atoms with van der Waals surface area (Å²) in [6.45, 7) is 0. The van der Waals surface area contributed by atoms with Gasteiger partial charge in [-0.1, -0.05) is 0 Å². The van der Waals surface area contributed by atoms with Crippen LogP contribution in [0.2, 0.25) is 0 Å². The number of amides is 1. The molecule has 1 aromatic rings. The molecular formula is C8H4BrF3N2O3. The van der Waals surface area contributed by atoms with Gasteiger partial charge in [0.2, 0.25) is 0 Å². The number of halogens is 4. The zero-order valence-electron chi connectivity index (χ0n) is 7.88. The van der Waals surface area contributed by atoms with Crippen LogP contribution in [-0.2, 0) is 4.79 Å². The molecule has 0 aromatic carbocycles. The van der Waals surface area contributed by atoms with Gasteiger partial charge >= 0.3 is 18.1 Å². The molecule has 1 amide bonds. The van der Waals surface area contributed by atoms with Crippen molar-refractivity contribution < 1.29 is 27.9 Å². The highest BCUT2D eigenvalue weighted by molar-refractivity contribution is 9.10. The molecule has 0 unspecified atom stereocenters. The van der Waals surface area contributed by atoms with Crippen LogP contribution < -0.4 is 5.32 Å². The standard InChI is InChI=1S/C8H4BrF3N2O3/c9-4-2-13-1-3(6(15)16)5(4)14-7(17)8(10,11)12/h1-2H,(H,15,16)(H,13,14,17). The maximum absolute atomic E-state index is 12.0. The van der Waals surface area contributed by atoms with Gasteiger partial charge in [-0.25, -0.2) is 4.79 Å². The average molecular weight is 313 g/mol. The summed E-state index contributed by atoms with van der Waals surface area (Å²) in [4.78, 5) is 24.9. The number of hydrogen-bond acceptors (Lipinski definition) is 3. The van der Waals surface area contributed by atoms with Crippen LogP contribution in [0.25, 0.3) is 0 Å². The minimum Gasteiger partial charge on any atom is -0.478 e. The highest BCUT2D eigenvalue weighted by atomic mass is 79.9. The molecule has 0 spiro atoms. The van der Waals surface area contributed by atoms with E-state index in [4.69, 9.17) is 5.11 Å². The van der Waals surface area contributed by atoms with Crippen molar-refractivity contribution in [2.45, 2.75) is 6.18 Å². The second kappa shape index (κ2) is 4.70. The molecule has 1 rings (SSSR count). The molecule has 92 valence electrons. The van der Waals surface area contributed by atoms with Crippen molar-refractivity contribution in [1.29, 1.82) is 0 Å². The van der Waals surface area contributed by atoms with Crippen LogP contribution in [0.1, 0.15) is 10.4 Å². The van der Waals surface area contributed by atoms with E-state index in [1.54, 1.807) is 0 Å². The first kappa shape index (κ1) is 13.4. The van der Waals surface area contributed by atoms with Crippen molar-refractivity contribution in [3.05, 3.63) is 22.4 Å². The lowest BCUT2D eigenvalue weighted by atomic mass is 10.2. The number of rotatable bonds is 2. The van der Waals surface area contributed by atoms with E-state index in [1.165, 1.54) is 5.32 Å². The summed E-state index contributed by atoms with van der Waals surface area (Å²) < 4.78 is 36.0. The first-order chi connectivity index (χ1) is 7.73. The van der Waals surface area contributed by atoms with Crippen molar-refractivity contribution in [1.82, 2.24) is 4.98 Å². The van der Waals surface area contributed by atoms with Gasteiger partial charge in [-0.05, 0) is 15.9 Å². The van der Waals surface area contributed by atoms with Crippen molar-refractivity contribution in [3.63, 3.8) is 0 Å². The van der Waals surface area contributed by atoms with E-state index in [9.17, 15) is 22.8 Å². The van der Waals surface area contributed by atoms with Gasteiger partial charge < -0.3 is 10.4 Å². The van der Waals surface area contributed by atoms with Gasteiger partial charge in [-0.3, -0.25) is 9.78 Å². The van der Waals surface area contributed by atoms with E-state index in [0.717, 1.165) is 12.4 Å². The van der Waals surface area contributed by atoms with Gasteiger partial charge in [0.05, 0.1) is 10.2 Å². The number of pyridine rings is 1. The molecule has 9 heteroatoms. The SMILES string of the molecule is O=C(O)c1cncc(Br)c1NC(=O)C(F)(F)F. The number of aromatic nitrogens is 1. The molecule has 0 fully saturated rings. The van der Waals surface area contributed by atoms with E-state index in [-0.39, 0.29) is 4.47 Å². The number of anilines is 1. The Morgan fingerprint density at radius 2 is 1.94 bits per heavy atom. The second-order valence-electron chi connectivity index (χ2n) is 2.80. The van der Waals surface area contributed by atoms with E-state index in [1.807, 2.05) is 0 Å². The van der Waals surface area contributed by atoms with E-state index >= 15 is 0 Å². The normalized spacial score (nSPS) is 11.1. The van der Waals surface area contributed by atoms with Crippen LogP contribution in [0.15, 0.2) is 16.9 Å². The monoisotopic (exact) mass is 312 g/mol. The summed E-state index contributed by atoms with van der Waals surface area (Å²) in [7, 11) is 0. The minimum absolute atomic E-state index is 0.0602. The summed E-state index contributed by atoms with van der Waals surface area (Å²) in [5, 5.41) is 10.2. The van der Waals surface area contributed by atoms with Crippen LogP contribution in [-0.4, -0.2) is 28.1 Å². The molecule has 0 radical (unpaired) electrons. The van der Waals surface area contributed by atoms with Gasteiger partial charge in [-0.2, -0.15) is 13.2 Å². The third kappa shape index (κ3) is 3.16. The van der Waals surface area contributed by atoms with Crippen LogP contribution in [0.3, 0.4) is 0 Å². The fourth-order valence-electron chi connectivity index (χ4n) is 0.909. The highest BCUT2D eigenvalue weighted by Crippen LogP contribution is 2.27. The van der Waals surface area contributed by atoms with Crippen molar-refractivity contribution in [2.24, 2.45) is 0 Å². The van der Waals surface area contributed by atoms with Gasteiger partial charge in [-0.15, -0.1) is 0 Å². The Labute approximate surface area is 101 Å². The second-order valence-corrected chi connectivity index (χ2v) is 3.66. The van der Waals surface area contributed by atoms with Crippen molar-refractivity contribution in [3.8, 4) is 0 Å². The molecule has 0 aliphatic carbocycles. The summed E-state index contributed by atoms with van der Waals surface area (Å²) in [6, 6.07) is 0. The molecule has 17 heavy (non-hydrogen) atoms. The number of nitrogens with zero attached hydrogens (tertiary/aromatic N) is 1. The molecule has 0 aliphatic rings. The maximum Gasteiger partial charge on any atom is 0.471 e. The first-order valence-electron chi connectivity index (χ1n) is 3.98. The molecule has 5 nitrogen and oxygen atoms in total. The molecule has 0 atom stereocenters. The Hall–Kier alpha value is -1.64. The average Bonchev–Trinajstić information content (AvgIpc) is 2.18. The quantitative estimate of drug-likeness (QED) is 0.876. The third-order valence-corrected chi connectivity index (χ3v) is 2.23. The summed E-state index contributed by atoms with van der Waals surface area (Å²) in [6.07, 6.45) is -3.20. The Morgan fingerprint density at radius 1 is 1.35 bits per heavy atom. The van der Waals surface area contributed by atoms with Gasteiger partial charge in [0.25, 0.3) is 0 Å². The highest BCUT2D eigenvalue weighted by Gasteiger charge is 2.39. The molecule has 0 aliphatic heterocycles. The molecule has 1 heterocycles. The summed E-state index contributed by atoms with van der Waals surface area (Å²) in [5.41, 5.74) is -1.04. The Morgan fingerprint density at radius 3 is 2.41 bits per heavy atom. The van der Waals surface area contributed by atoms with Crippen molar-refractivity contribution >= 4 is 33.5 Å². The number of nitrogens with one attached hydrogen (secondary N) is 1. The Bertz CT molecular complexity index is 476. The Balaban J connectivity index is 3.14. The molecule has 0 bridgehead atoms. The fraction of sp³-hybridized carbons (Fsp3) is 0.125. The number of carboxylic acids is 1. The van der Waals surface area contributed by atoms with E-state index in [2.05, 4.69) is 20.9 Å². The number of alkyl halides is 3. The molecule has 0 saturated carbocycles. The summed E-state index contributed by atoms with van der Waals surface area (Å²) in [5.74, 6) is -3.76. The predicted molar refractivity (Wildman–Crippen MR) is 53.6 cm³/mol. The number of carboxylic acid groups (broad SMARTS) is 1. The molecule has 1 aromatic heterocycles. The number of carbonyl (C=O) groups is 2. The summed E-state index contributed by atoms with van der Waals surface area (Å²) >= 11 is 2.80. The van der Waals surface area contributed by atoms with Gasteiger partial charge in [0, 0.05) is 12.4 Å².